The van der Waals surface area contributed by atoms with Gasteiger partial charge in [-0.25, -0.2) is 0 Å². The predicted molar refractivity (Wildman–Crippen MR) is 55.3 cm³/mol. The van der Waals surface area contributed by atoms with Crippen molar-refractivity contribution in [1.82, 2.24) is 0 Å². The van der Waals surface area contributed by atoms with Crippen LogP contribution in [0.15, 0.2) is 17.5 Å². The van der Waals surface area contributed by atoms with E-state index in [0.29, 0.717) is 0 Å². The minimum Gasteiger partial charge on any atom is -0.481 e. The third-order valence-electron chi connectivity index (χ3n) is 2.15. The summed E-state index contributed by atoms with van der Waals surface area (Å²) in [5.74, 6) is -0.881. The Morgan fingerprint density at radius 3 is 2.71 bits per heavy atom. The van der Waals surface area contributed by atoms with Gasteiger partial charge in [-0.15, -0.1) is 11.3 Å². The zero-order valence-electron chi connectivity index (χ0n) is 8.23. The van der Waals surface area contributed by atoms with Crippen LogP contribution in [0.4, 0.5) is 0 Å². The number of hydrogen-bond donors (Lipinski definition) is 2. The molecule has 78 valence electrons. The molecule has 0 aliphatic carbocycles. The maximum Gasteiger partial charge on any atom is 0.309 e. The van der Waals surface area contributed by atoms with E-state index in [1.807, 2.05) is 17.5 Å². The third-order valence-corrected chi connectivity index (χ3v) is 3.13. The summed E-state index contributed by atoms with van der Waals surface area (Å²) in [6.45, 7) is 3.23. The number of carbonyl (C=O) groups is 1. The lowest BCUT2D eigenvalue weighted by molar-refractivity contribution is -0.148. The van der Waals surface area contributed by atoms with Crippen molar-refractivity contribution in [3.05, 3.63) is 22.4 Å². The minimum atomic E-state index is -0.886. The highest BCUT2D eigenvalue weighted by molar-refractivity contribution is 7.10. The Bertz CT molecular complexity index is 303. The Hall–Kier alpha value is -0.870. The molecule has 1 rings (SSSR count). The first-order chi connectivity index (χ1) is 6.43. The molecule has 2 N–H and O–H groups in total. The Morgan fingerprint density at radius 2 is 2.29 bits per heavy atom. The first-order valence-electron chi connectivity index (χ1n) is 4.38. The van der Waals surface area contributed by atoms with E-state index in [9.17, 15) is 9.90 Å². The molecule has 1 unspecified atom stereocenters. The topological polar surface area (TPSA) is 57.5 Å². The SMILES string of the molecule is CC(C)(CC(O)c1cccs1)C(=O)O. The number of carboxylic acid groups (broad SMARTS) is 1. The fourth-order valence-corrected chi connectivity index (χ4v) is 1.86. The van der Waals surface area contributed by atoms with Gasteiger partial charge in [-0.1, -0.05) is 6.07 Å². The lowest BCUT2D eigenvalue weighted by Gasteiger charge is -2.21. The van der Waals surface area contributed by atoms with E-state index in [4.69, 9.17) is 5.11 Å². The molecule has 0 saturated carbocycles. The predicted octanol–water partition coefficient (Wildman–Crippen LogP) is 2.28. The van der Waals surface area contributed by atoms with Crippen molar-refractivity contribution in [3.63, 3.8) is 0 Å². The van der Waals surface area contributed by atoms with Gasteiger partial charge < -0.3 is 10.2 Å². The molecule has 0 aliphatic rings. The molecule has 0 fully saturated rings. The van der Waals surface area contributed by atoms with E-state index >= 15 is 0 Å². The molecule has 3 nitrogen and oxygen atoms in total. The lowest BCUT2D eigenvalue weighted by Crippen LogP contribution is -2.25. The molecule has 0 amide bonds. The maximum absolute atomic E-state index is 10.8. The number of rotatable bonds is 4. The summed E-state index contributed by atoms with van der Waals surface area (Å²) in [4.78, 5) is 11.6. The molecule has 0 bridgehead atoms. The van der Waals surface area contributed by atoms with Gasteiger partial charge in [-0.05, 0) is 31.7 Å². The normalized spacial score (nSPS) is 13.9. The molecule has 0 saturated heterocycles. The summed E-state index contributed by atoms with van der Waals surface area (Å²) in [6.07, 6.45) is -0.441. The highest BCUT2D eigenvalue weighted by Crippen LogP contribution is 2.31. The Balaban J connectivity index is 2.66. The first-order valence-corrected chi connectivity index (χ1v) is 5.26. The summed E-state index contributed by atoms with van der Waals surface area (Å²) >= 11 is 1.44. The van der Waals surface area contributed by atoms with Crippen molar-refractivity contribution in [2.75, 3.05) is 0 Å². The molecular weight excluding hydrogens is 200 g/mol. The van der Waals surface area contributed by atoms with Crippen LogP contribution in [0, 0.1) is 5.41 Å². The lowest BCUT2D eigenvalue weighted by atomic mass is 9.86. The van der Waals surface area contributed by atoms with Gasteiger partial charge >= 0.3 is 5.97 Å². The molecule has 0 spiro atoms. The second kappa shape index (κ2) is 4.11. The quantitative estimate of drug-likeness (QED) is 0.808. The zero-order valence-corrected chi connectivity index (χ0v) is 9.04. The summed E-state index contributed by atoms with van der Waals surface area (Å²) in [6, 6.07) is 3.66. The average molecular weight is 214 g/mol. The van der Waals surface area contributed by atoms with Crippen molar-refractivity contribution in [2.45, 2.75) is 26.4 Å². The van der Waals surface area contributed by atoms with E-state index in [0.717, 1.165) is 4.88 Å². The number of thiophene rings is 1. The molecule has 0 aliphatic heterocycles. The van der Waals surface area contributed by atoms with E-state index in [-0.39, 0.29) is 6.42 Å². The summed E-state index contributed by atoms with van der Waals surface area (Å²) in [5.41, 5.74) is -0.886. The Morgan fingerprint density at radius 1 is 1.64 bits per heavy atom. The number of aliphatic carboxylic acids is 1. The molecular formula is C10H14O3S. The molecule has 1 heterocycles. The molecule has 0 aromatic carbocycles. The maximum atomic E-state index is 10.8. The van der Waals surface area contributed by atoms with Crippen LogP contribution < -0.4 is 0 Å². The van der Waals surface area contributed by atoms with Crippen molar-refractivity contribution >= 4 is 17.3 Å². The summed E-state index contributed by atoms with van der Waals surface area (Å²) < 4.78 is 0. The van der Waals surface area contributed by atoms with E-state index in [1.54, 1.807) is 13.8 Å². The van der Waals surface area contributed by atoms with Gasteiger partial charge in [0.2, 0.25) is 0 Å². The van der Waals surface area contributed by atoms with Crippen LogP contribution in [0.5, 0.6) is 0 Å². The fraction of sp³-hybridized carbons (Fsp3) is 0.500. The largest absolute Gasteiger partial charge is 0.481 e. The van der Waals surface area contributed by atoms with E-state index in [2.05, 4.69) is 0 Å². The third kappa shape index (κ3) is 2.56. The standard InChI is InChI=1S/C10H14O3S/c1-10(2,9(12)13)6-7(11)8-4-3-5-14-8/h3-5,7,11H,6H2,1-2H3,(H,12,13). The van der Waals surface area contributed by atoms with Crippen LogP contribution >= 0.6 is 11.3 Å². The van der Waals surface area contributed by atoms with Crippen LogP contribution in [0.3, 0.4) is 0 Å². The molecule has 1 aromatic heterocycles. The van der Waals surface area contributed by atoms with Crippen LogP contribution in [0.2, 0.25) is 0 Å². The van der Waals surface area contributed by atoms with Crippen molar-refractivity contribution in [3.8, 4) is 0 Å². The summed E-state index contributed by atoms with van der Waals surface area (Å²) in [7, 11) is 0. The summed E-state index contributed by atoms with van der Waals surface area (Å²) in [5, 5.41) is 20.5. The van der Waals surface area contributed by atoms with Crippen LogP contribution in [0.25, 0.3) is 0 Å². The fourth-order valence-electron chi connectivity index (χ4n) is 1.15. The number of carboxylic acids is 1. The second-order valence-corrected chi connectivity index (χ2v) is 4.90. The van der Waals surface area contributed by atoms with Gasteiger partial charge in [-0.2, -0.15) is 0 Å². The number of aliphatic hydroxyl groups excluding tert-OH is 1. The van der Waals surface area contributed by atoms with Crippen LogP contribution in [-0.4, -0.2) is 16.2 Å². The Kier molecular flexibility index (Phi) is 3.29. The van der Waals surface area contributed by atoms with Gasteiger partial charge in [0.15, 0.2) is 0 Å². The van der Waals surface area contributed by atoms with Gasteiger partial charge in [0.1, 0.15) is 0 Å². The molecule has 1 atom stereocenters. The van der Waals surface area contributed by atoms with Gasteiger partial charge in [-0.3, -0.25) is 4.79 Å². The molecule has 1 aromatic rings. The molecule has 4 heteroatoms. The van der Waals surface area contributed by atoms with Crippen LogP contribution in [0.1, 0.15) is 31.2 Å². The smallest absolute Gasteiger partial charge is 0.309 e. The minimum absolute atomic E-state index is 0.239. The van der Waals surface area contributed by atoms with Gasteiger partial charge in [0.05, 0.1) is 11.5 Å². The molecule has 14 heavy (non-hydrogen) atoms. The highest BCUT2D eigenvalue weighted by atomic mass is 32.1. The molecule has 0 radical (unpaired) electrons. The first kappa shape index (κ1) is 11.2. The second-order valence-electron chi connectivity index (χ2n) is 3.92. The number of aliphatic hydroxyl groups is 1. The highest BCUT2D eigenvalue weighted by Gasteiger charge is 2.30. The monoisotopic (exact) mass is 214 g/mol. The van der Waals surface area contributed by atoms with Crippen molar-refractivity contribution < 1.29 is 15.0 Å². The number of hydrogen-bond acceptors (Lipinski definition) is 3. The van der Waals surface area contributed by atoms with Gasteiger partial charge in [0.25, 0.3) is 0 Å². The van der Waals surface area contributed by atoms with Crippen molar-refractivity contribution in [1.29, 1.82) is 0 Å². The zero-order chi connectivity index (χ0) is 10.8. The van der Waals surface area contributed by atoms with Gasteiger partial charge in [0, 0.05) is 4.88 Å². The van der Waals surface area contributed by atoms with E-state index < -0.39 is 17.5 Å². The Labute approximate surface area is 87.0 Å². The van der Waals surface area contributed by atoms with Crippen LogP contribution in [-0.2, 0) is 4.79 Å². The average Bonchev–Trinajstić information content (AvgIpc) is 2.54. The van der Waals surface area contributed by atoms with Crippen molar-refractivity contribution in [2.24, 2.45) is 5.41 Å². The van der Waals surface area contributed by atoms with E-state index in [1.165, 1.54) is 11.3 Å².